The highest BCUT2D eigenvalue weighted by Crippen LogP contribution is 2.28. The molecular formula is C19H21N3O3. The molecule has 1 atom stereocenters. The second-order valence-corrected chi connectivity index (χ2v) is 5.92. The van der Waals surface area contributed by atoms with Crippen LogP contribution in [0.15, 0.2) is 42.6 Å². The zero-order valence-corrected chi connectivity index (χ0v) is 14.1. The molecule has 1 unspecified atom stereocenters. The quantitative estimate of drug-likeness (QED) is 0.848. The fraction of sp³-hybridized carbons (Fsp3) is 0.316. The molecule has 2 amide bonds. The van der Waals surface area contributed by atoms with Gasteiger partial charge in [0.2, 0.25) is 17.7 Å². The predicted molar refractivity (Wildman–Crippen MR) is 95.5 cm³/mol. The molecule has 0 spiro atoms. The summed E-state index contributed by atoms with van der Waals surface area (Å²) in [4.78, 5) is 28.5. The normalized spacial score (nSPS) is 15.9. The molecule has 2 aromatic rings. The summed E-state index contributed by atoms with van der Waals surface area (Å²) in [7, 11) is 0. The van der Waals surface area contributed by atoms with Gasteiger partial charge in [-0.25, -0.2) is 4.98 Å². The van der Waals surface area contributed by atoms with E-state index in [1.165, 1.54) is 0 Å². The monoisotopic (exact) mass is 339 g/mol. The van der Waals surface area contributed by atoms with Crippen LogP contribution in [0.4, 0.5) is 11.4 Å². The van der Waals surface area contributed by atoms with Crippen LogP contribution in [0.1, 0.15) is 25.3 Å². The van der Waals surface area contributed by atoms with Crippen molar-refractivity contribution in [3.8, 4) is 5.88 Å². The van der Waals surface area contributed by atoms with Gasteiger partial charge in [0.1, 0.15) is 5.69 Å². The highest BCUT2D eigenvalue weighted by Gasteiger charge is 2.26. The minimum absolute atomic E-state index is 0.0251. The first-order chi connectivity index (χ1) is 12.2. The Morgan fingerprint density at radius 1 is 1.32 bits per heavy atom. The molecule has 0 aliphatic carbocycles. The summed E-state index contributed by atoms with van der Waals surface area (Å²) in [5.41, 5.74) is 2.52. The summed E-state index contributed by atoms with van der Waals surface area (Å²) in [5.74, 6) is 0.0343. The number of carbonyl (C=O) groups is 2. The molecule has 0 bridgehead atoms. The molecule has 0 saturated carbocycles. The fourth-order valence-electron chi connectivity index (χ4n) is 2.90. The second kappa shape index (κ2) is 7.79. The molecule has 1 aromatic carbocycles. The van der Waals surface area contributed by atoms with Crippen molar-refractivity contribution in [2.24, 2.45) is 5.92 Å². The van der Waals surface area contributed by atoms with Crippen LogP contribution in [-0.4, -0.2) is 23.4 Å². The Labute approximate surface area is 146 Å². The van der Waals surface area contributed by atoms with Gasteiger partial charge < -0.3 is 15.4 Å². The van der Waals surface area contributed by atoms with Crippen molar-refractivity contribution in [1.82, 2.24) is 4.98 Å². The number of ether oxygens (including phenoxy) is 1. The molecule has 1 aromatic heterocycles. The number of anilines is 2. The number of nitrogens with one attached hydrogen (secondary N) is 2. The van der Waals surface area contributed by atoms with Crippen molar-refractivity contribution in [1.29, 1.82) is 0 Å². The lowest BCUT2D eigenvalue weighted by Gasteiger charge is -2.24. The van der Waals surface area contributed by atoms with E-state index in [4.69, 9.17) is 4.74 Å². The lowest BCUT2D eigenvalue weighted by atomic mass is 9.89. The standard InChI is InChI=1S/C19H21N3O3/c1-2-25-19-16(8-5-11-20-19)21-17(23)10-9-14-12-13-6-3-4-7-15(13)22-18(14)24/h3-8,11,14H,2,9-10,12H2,1H3,(H,21,23)(H,22,24). The third-order valence-corrected chi connectivity index (χ3v) is 4.16. The smallest absolute Gasteiger partial charge is 0.237 e. The molecule has 0 radical (unpaired) electrons. The van der Waals surface area contributed by atoms with E-state index >= 15 is 0 Å². The number of hydrogen-bond acceptors (Lipinski definition) is 4. The zero-order chi connectivity index (χ0) is 17.6. The Morgan fingerprint density at radius 3 is 3.00 bits per heavy atom. The number of para-hydroxylation sites is 1. The highest BCUT2D eigenvalue weighted by molar-refractivity contribution is 5.96. The van der Waals surface area contributed by atoms with E-state index in [0.29, 0.717) is 31.0 Å². The summed E-state index contributed by atoms with van der Waals surface area (Å²) >= 11 is 0. The van der Waals surface area contributed by atoms with Crippen LogP contribution in [0.3, 0.4) is 0 Å². The van der Waals surface area contributed by atoms with Gasteiger partial charge >= 0.3 is 0 Å². The maximum atomic E-state index is 12.2. The van der Waals surface area contributed by atoms with Gasteiger partial charge in [-0.05, 0) is 43.5 Å². The first-order valence-electron chi connectivity index (χ1n) is 8.43. The maximum Gasteiger partial charge on any atom is 0.237 e. The average molecular weight is 339 g/mol. The van der Waals surface area contributed by atoms with Crippen molar-refractivity contribution in [3.63, 3.8) is 0 Å². The van der Waals surface area contributed by atoms with Gasteiger partial charge in [0.25, 0.3) is 0 Å². The minimum atomic E-state index is -0.194. The zero-order valence-electron chi connectivity index (χ0n) is 14.1. The Kier molecular flexibility index (Phi) is 5.28. The van der Waals surface area contributed by atoms with E-state index in [1.54, 1.807) is 18.3 Å². The van der Waals surface area contributed by atoms with Gasteiger partial charge in [-0.3, -0.25) is 9.59 Å². The summed E-state index contributed by atoms with van der Waals surface area (Å²) < 4.78 is 5.40. The number of aromatic nitrogens is 1. The van der Waals surface area contributed by atoms with E-state index in [0.717, 1.165) is 11.3 Å². The SMILES string of the molecule is CCOc1ncccc1NC(=O)CCC1Cc2ccccc2NC1=O. The van der Waals surface area contributed by atoms with Gasteiger partial charge in [0.15, 0.2) is 0 Å². The summed E-state index contributed by atoms with van der Waals surface area (Å²) in [6.07, 6.45) is 3.04. The molecule has 6 nitrogen and oxygen atoms in total. The molecule has 2 heterocycles. The molecule has 0 saturated heterocycles. The van der Waals surface area contributed by atoms with Crippen LogP contribution in [0, 0.1) is 5.92 Å². The summed E-state index contributed by atoms with van der Waals surface area (Å²) in [6, 6.07) is 11.2. The Hall–Kier alpha value is -2.89. The highest BCUT2D eigenvalue weighted by atomic mass is 16.5. The van der Waals surface area contributed by atoms with Crippen LogP contribution < -0.4 is 15.4 Å². The number of carbonyl (C=O) groups excluding carboxylic acids is 2. The van der Waals surface area contributed by atoms with E-state index in [2.05, 4.69) is 15.6 Å². The summed E-state index contributed by atoms with van der Waals surface area (Å²) in [5, 5.41) is 5.72. The first kappa shape index (κ1) is 17.0. The molecule has 6 heteroatoms. The van der Waals surface area contributed by atoms with Crippen LogP contribution in [0.25, 0.3) is 0 Å². The van der Waals surface area contributed by atoms with Crippen molar-refractivity contribution in [2.45, 2.75) is 26.2 Å². The van der Waals surface area contributed by atoms with Crippen molar-refractivity contribution >= 4 is 23.2 Å². The number of pyridine rings is 1. The lowest BCUT2D eigenvalue weighted by molar-refractivity contribution is -0.121. The Morgan fingerprint density at radius 2 is 2.16 bits per heavy atom. The maximum absolute atomic E-state index is 12.2. The molecule has 130 valence electrons. The molecule has 2 N–H and O–H groups in total. The summed E-state index contributed by atoms with van der Waals surface area (Å²) in [6.45, 7) is 2.33. The van der Waals surface area contributed by atoms with Crippen LogP contribution in [-0.2, 0) is 16.0 Å². The minimum Gasteiger partial charge on any atom is -0.476 e. The second-order valence-electron chi connectivity index (χ2n) is 5.92. The van der Waals surface area contributed by atoms with Gasteiger partial charge in [-0.1, -0.05) is 18.2 Å². The van der Waals surface area contributed by atoms with Gasteiger partial charge in [0, 0.05) is 24.2 Å². The number of hydrogen-bond donors (Lipinski definition) is 2. The van der Waals surface area contributed by atoms with E-state index in [1.807, 2.05) is 31.2 Å². The first-order valence-corrected chi connectivity index (χ1v) is 8.43. The predicted octanol–water partition coefficient (Wildman–Crippen LogP) is 3.01. The molecule has 25 heavy (non-hydrogen) atoms. The van der Waals surface area contributed by atoms with Crippen molar-refractivity contribution < 1.29 is 14.3 Å². The number of nitrogens with zero attached hydrogens (tertiary/aromatic N) is 1. The van der Waals surface area contributed by atoms with Crippen LogP contribution in [0.2, 0.25) is 0 Å². The van der Waals surface area contributed by atoms with E-state index in [9.17, 15) is 9.59 Å². The van der Waals surface area contributed by atoms with Crippen molar-refractivity contribution in [2.75, 3.05) is 17.2 Å². The third kappa shape index (κ3) is 4.15. The van der Waals surface area contributed by atoms with Gasteiger partial charge in [0.05, 0.1) is 6.61 Å². The lowest BCUT2D eigenvalue weighted by Crippen LogP contribution is -2.30. The topological polar surface area (TPSA) is 80.3 Å². The molecule has 3 rings (SSSR count). The number of benzene rings is 1. The number of amides is 2. The number of fused-ring (bicyclic) bond motifs is 1. The fourth-order valence-corrected chi connectivity index (χ4v) is 2.90. The number of rotatable bonds is 6. The Bertz CT molecular complexity index is 776. The van der Waals surface area contributed by atoms with E-state index in [-0.39, 0.29) is 24.2 Å². The molecule has 1 aliphatic rings. The molecular weight excluding hydrogens is 318 g/mol. The van der Waals surface area contributed by atoms with Crippen LogP contribution in [0.5, 0.6) is 5.88 Å². The van der Waals surface area contributed by atoms with Gasteiger partial charge in [-0.2, -0.15) is 0 Å². The Balaban J connectivity index is 1.57. The van der Waals surface area contributed by atoms with Crippen LogP contribution >= 0.6 is 0 Å². The van der Waals surface area contributed by atoms with Gasteiger partial charge in [-0.15, -0.1) is 0 Å². The third-order valence-electron chi connectivity index (χ3n) is 4.16. The molecule has 1 aliphatic heterocycles. The average Bonchev–Trinajstić information content (AvgIpc) is 2.62. The largest absolute Gasteiger partial charge is 0.476 e. The van der Waals surface area contributed by atoms with E-state index < -0.39 is 0 Å². The van der Waals surface area contributed by atoms with Crippen molar-refractivity contribution in [3.05, 3.63) is 48.2 Å². The molecule has 0 fully saturated rings.